The molecule has 0 saturated heterocycles. The van der Waals surface area contributed by atoms with E-state index in [4.69, 9.17) is 0 Å². The van der Waals surface area contributed by atoms with Crippen LogP contribution in [0.1, 0.15) is 17.6 Å². The Morgan fingerprint density at radius 2 is 2.44 bits per heavy atom. The van der Waals surface area contributed by atoms with Crippen molar-refractivity contribution in [2.45, 2.75) is 26.4 Å². The lowest BCUT2D eigenvalue weighted by Crippen LogP contribution is -2.19. The number of nitrogens with one attached hydrogen (secondary N) is 1. The summed E-state index contributed by atoms with van der Waals surface area (Å²) in [5.41, 5.74) is 1.13. The van der Waals surface area contributed by atoms with Gasteiger partial charge in [-0.15, -0.1) is 11.3 Å². The molecule has 0 aromatic carbocycles. The SMILES string of the molecule is CCc1nc(CNCCn2cncn2)cs1. The predicted molar refractivity (Wildman–Crippen MR) is 63.2 cm³/mol. The fourth-order valence-electron chi connectivity index (χ4n) is 1.35. The van der Waals surface area contributed by atoms with Crippen LogP contribution in [0.25, 0.3) is 0 Å². The third kappa shape index (κ3) is 3.11. The molecule has 0 amide bonds. The molecule has 0 aliphatic carbocycles. The molecule has 2 heterocycles. The van der Waals surface area contributed by atoms with E-state index < -0.39 is 0 Å². The van der Waals surface area contributed by atoms with E-state index in [0.717, 1.165) is 31.7 Å². The van der Waals surface area contributed by atoms with E-state index in [1.54, 1.807) is 24.0 Å². The van der Waals surface area contributed by atoms with Crippen LogP contribution >= 0.6 is 11.3 Å². The van der Waals surface area contributed by atoms with Gasteiger partial charge in [0.25, 0.3) is 0 Å². The molecule has 2 aromatic heterocycles. The molecule has 0 aliphatic rings. The molecule has 0 unspecified atom stereocenters. The van der Waals surface area contributed by atoms with E-state index in [1.165, 1.54) is 5.01 Å². The van der Waals surface area contributed by atoms with Crippen LogP contribution in [0.2, 0.25) is 0 Å². The summed E-state index contributed by atoms with van der Waals surface area (Å²) >= 11 is 1.73. The van der Waals surface area contributed by atoms with Crippen molar-refractivity contribution in [1.82, 2.24) is 25.1 Å². The van der Waals surface area contributed by atoms with Crippen LogP contribution in [-0.4, -0.2) is 26.3 Å². The Morgan fingerprint density at radius 3 is 3.12 bits per heavy atom. The van der Waals surface area contributed by atoms with Crippen molar-refractivity contribution < 1.29 is 0 Å². The highest BCUT2D eigenvalue weighted by atomic mass is 32.1. The second-order valence-electron chi connectivity index (χ2n) is 3.42. The standard InChI is InChI=1S/C10H15N5S/c1-2-10-14-9(6-16-10)5-11-3-4-15-8-12-7-13-15/h6-8,11H,2-5H2,1H3. The number of aromatic nitrogens is 4. The summed E-state index contributed by atoms with van der Waals surface area (Å²) in [6.07, 6.45) is 4.29. The van der Waals surface area contributed by atoms with Crippen molar-refractivity contribution >= 4 is 11.3 Å². The molecule has 0 fully saturated rings. The van der Waals surface area contributed by atoms with Crippen molar-refractivity contribution in [1.29, 1.82) is 0 Å². The minimum Gasteiger partial charge on any atom is -0.309 e. The normalized spacial score (nSPS) is 10.8. The largest absolute Gasteiger partial charge is 0.309 e. The number of hydrogen-bond donors (Lipinski definition) is 1. The summed E-state index contributed by atoms with van der Waals surface area (Å²) in [4.78, 5) is 8.37. The molecule has 0 bridgehead atoms. The third-order valence-electron chi connectivity index (χ3n) is 2.19. The maximum Gasteiger partial charge on any atom is 0.137 e. The molecule has 86 valence electrons. The lowest BCUT2D eigenvalue weighted by molar-refractivity contribution is 0.551. The maximum absolute atomic E-state index is 4.48. The lowest BCUT2D eigenvalue weighted by atomic mass is 10.4. The highest BCUT2D eigenvalue weighted by molar-refractivity contribution is 7.09. The maximum atomic E-state index is 4.48. The smallest absolute Gasteiger partial charge is 0.137 e. The molecule has 0 spiro atoms. The molecule has 0 saturated carbocycles. The first-order valence-corrected chi connectivity index (χ1v) is 6.23. The summed E-state index contributed by atoms with van der Waals surface area (Å²) in [5.74, 6) is 0. The monoisotopic (exact) mass is 237 g/mol. The fraction of sp³-hybridized carbons (Fsp3) is 0.500. The molecule has 6 heteroatoms. The van der Waals surface area contributed by atoms with Crippen molar-refractivity contribution in [2.75, 3.05) is 6.54 Å². The van der Waals surface area contributed by atoms with Crippen molar-refractivity contribution in [3.8, 4) is 0 Å². The van der Waals surface area contributed by atoms with E-state index in [2.05, 4.69) is 32.7 Å². The fourth-order valence-corrected chi connectivity index (χ4v) is 2.10. The molecule has 0 atom stereocenters. The van der Waals surface area contributed by atoms with Crippen LogP contribution in [0.3, 0.4) is 0 Å². The molecule has 16 heavy (non-hydrogen) atoms. The van der Waals surface area contributed by atoms with Gasteiger partial charge in [0.1, 0.15) is 12.7 Å². The van der Waals surface area contributed by atoms with Gasteiger partial charge in [0, 0.05) is 18.5 Å². The van der Waals surface area contributed by atoms with Crippen LogP contribution in [0.4, 0.5) is 0 Å². The lowest BCUT2D eigenvalue weighted by Gasteiger charge is -2.02. The highest BCUT2D eigenvalue weighted by Gasteiger charge is 1.99. The first-order valence-electron chi connectivity index (χ1n) is 5.35. The summed E-state index contributed by atoms with van der Waals surface area (Å²) < 4.78 is 1.81. The van der Waals surface area contributed by atoms with E-state index in [9.17, 15) is 0 Å². The average Bonchev–Trinajstić information content (AvgIpc) is 2.95. The van der Waals surface area contributed by atoms with E-state index in [-0.39, 0.29) is 0 Å². The molecular formula is C10H15N5S. The van der Waals surface area contributed by atoms with Crippen LogP contribution in [0.5, 0.6) is 0 Å². The van der Waals surface area contributed by atoms with Gasteiger partial charge in [-0.25, -0.2) is 9.97 Å². The third-order valence-corrected chi connectivity index (χ3v) is 3.23. The highest BCUT2D eigenvalue weighted by Crippen LogP contribution is 2.09. The van der Waals surface area contributed by atoms with E-state index in [1.807, 2.05) is 4.68 Å². The molecule has 0 aliphatic heterocycles. The molecular weight excluding hydrogens is 222 g/mol. The zero-order valence-corrected chi connectivity index (χ0v) is 10.1. The van der Waals surface area contributed by atoms with Crippen molar-refractivity contribution in [2.24, 2.45) is 0 Å². The molecule has 5 nitrogen and oxygen atoms in total. The van der Waals surface area contributed by atoms with Gasteiger partial charge in [-0.2, -0.15) is 5.10 Å². The Balaban J connectivity index is 1.68. The predicted octanol–water partition coefficient (Wildman–Crippen LogP) is 1.09. The summed E-state index contributed by atoms with van der Waals surface area (Å²) in [6, 6.07) is 0. The summed E-state index contributed by atoms with van der Waals surface area (Å²) in [7, 11) is 0. The Hall–Kier alpha value is -1.27. The number of rotatable bonds is 6. The van der Waals surface area contributed by atoms with Gasteiger partial charge in [0.2, 0.25) is 0 Å². The number of aryl methyl sites for hydroxylation is 1. The molecule has 0 radical (unpaired) electrons. The quantitative estimate of drug-likeness (QED) is 0.764. The second-order valence-corrected chi connectivity index (χ2v) is 4.36. The van der Waals surface area contributed by atoms with Crippen molar-refractivity contribution in [3.05, 3.63) is 28.7 Å². The van der Waals surface area contributed by atoms with Gasteiger partial charge in [-0.1, -0.05) is 6.92 Å². The Kier molecular flexibility index (Phi) is 4.01. The Morgan fingerprint density at radius 1 is 1.50 bits per heavy atom. The van der Waals surface area contributed by atoms with Gasteiger partial charge in [-0.05, 0) is 6.42 Å². The number of hydrogen-bond acceptors (Lipinski definition) is 5. The zero-order valence-electron chi connectivity index (χ0n) is 9.26. The Labute approximate surface area is 98.5 Å². The summed E-state index contributed by atoms with van der Waals surface area (Å²) in [6.45, 7) is 4.67. The minimum atomic E-state index is 0.825. The van der Waals surface area contributed by atoms with Gasteiger partial charge in [-0.3, -0.25) is 4.68 Å². The second kappa shape index (κ2) is 5.72. The summed E-state index contributed by atoms with van der Waals surface area (Å²) in [5, 5.41) is 10.7. The average molecular weight is 237 g/mol. The van der Waals surface area contributed by atoms with Crippen LogP contribution in [0.15, 0.2) is 18.0 Å². The van der Waals surface area contributed by atoms with Gasteiger partial charge < -0.3 is 5.32 Å². The molecule has 1 N–H and O–H groups in total. The van der Waals surface area contributed by atoms with Gasteiger partial charge in [0.15, 0.2) is 0 Å². The molecule has 2 rings (SSSR count). The van der Waals surface area contributed by atoms with Crippen LogP contribution < -0.4 is 5.32 Å². The van der Waals surface area contributed by atoms with E-state index >= 15 is 0 Å². The molecule has 2 aromatic rings. The zero-order chi connectivity index (χ0) is 11.2. The minimum absolute atomic E-state index is 0.825. The number of nitrogens with zero attached hydrogens (tertiary/aromatic N) is 4. The number of thiazole rings is 1. The topological polar surface area (TPSA) is 55.6 Å². The van der Waals surface area contributed by atoms with Crippen molar-refractivity contribution in [3.63, 3.8) is 0 Å². The van der Waals surface area contributed by atoms with E-state index in [0.29, 0.717) is 0 Å². The van der Waals surface area contributed by atoms with Gasteiger partial charge >= 0.3 is 0 Å². The Bertz CT molecular complexity index is 409. The van der Waals surface area contributed by atoms with Gasteiger partial charge in [0.05, 0.1) is 17.2 Å². The van der Waals surface area contributed by atoms with Crippen LogP contribution in [-0.2, 0) is 19.5 Å². The van der Waals surface area contributed by atoms with Crippen LogP contribution in [0, 0.1) is 0 Å². The first kappa shape index (κ1) is 11.2. The first-order chi connectivity index (χ1) is 7.88.